The van der Waals surface area contributed by atoms with Crippen molar-refractivity contribution in [1.82, 2.24) is 5.32 Å². The summed E-state index contributed by atoms with van der Waals surface area (Å²) in [5.74, 6) is 0.956. The van der Waals surface area contributed by atoms with E-state index in [2.05, 4.69) is 46.6 Å². The molecule has 0 saturated carbocycles. The molecule has 0 spiro atoms. The summed E-state index contributed by atoms with van der Waals surface area (Å²) in [7, 11) is 3.46. The molecule has 5 nitrogen and oxygen atoms in total. The molecule has 0 aliphatic carbocycles. The molecule has 1 saturated heterocycles. The Hall–Kier alpha value is -1.96. The fraction of sp³-hybridized carbons (Fsp3) is 0.391. The highest BCUT2D eigenvalue weighted by atomic mass is 33.1. The number of carbonyl (C=O) groups excluding carboxylic acids is 1. The minimum Gasteiger partial charge on any atom is -0.393 e. The number of aliphatic hydroxyl groups is 1. The average molecular weight is 445 g/mol. The van der Waals surface area contributed by atoms with Gasteiger partial charge in [-0.1, -0.05) is 45.9 Å². The van der Waals surface area contributed by atoms with E-state index in [9.17, 15) is 9.90 Å². The number of nitrogens with zero attached hydrogens (tertiary/aromatic N) is 2. The maximum atomic E-state index is 12.0. The molecular formula is C23H30N3O2S2+. The van der Waals surface area contributed by atoms with E-state index in [-0.39, 0.29) is 12.0 Å². The zero-order chi connectivity index (χ0) is 21.2. The van der Waals surface area contributed by atoms with Crippen LogP contribution in [0.2, 0.25) is 0 Å². The van der Waals surface area contributed by atoms with Gasteiger partial charge in [0.25, 0.3) is 5.91 Å². The van der Waals surface area contributed by atoms with E-state index < -0.39 is 0 Å². The number of piperidine rings is 1. The maximum absolute atomic E-state index is 12.0. The molecule has 160 valence electrons. The van der Waals surface area contributed by atoms with Gasteiger partial charge in [-0.2, -0.15) is 4.57 Å². The van der Waals surface area contributed by atoms with Crippen LogP contribution in [0.1, 0.15) is 24.0 Å². The molecule has 30 heavy (non-hydrogen) atoms. The SMILES string of the molecule is CSSCCNC(=O)C[n+]1ccc(/C=C/c2ccc(N3CCC(O)CC3)cc2)cc1. The van der Waals surface area contributed by atoms with Crippen molar-refractivity contribution in [2.45, 2.75) is 25.5 Å². The third-order valence-corrected chi connectivity index (χ3v) is 6.87. The molecule has 0 atom stereocenters. The Labute approximate surface area is 187 Å². The standard InChI is InChI=1S/C23H29N3O2S2/c1-29-30-17-12-24-23(28)18-25-13-8-20(9-14-25)3-2-19-4-6-21(7-5-19)26-15-10-22(27)11-16-26/h2-9,13-14,22,27H,10-12,15-18H2,1H3/p+1. The number of hydrogen-bond donors (Lipinski definition) is 2. The van der Waals surface area contributed by atoms with Crippen LogP contribution in [0.4, 0.5) is 5.69 Å². The van der Waals surface area contributed by atoms with Crippen LogP contribution in [0.25, 0.3) is 12.2 Å². The van der Waals surface area contributed by atoms with E-state index in [4.69, 9.17) is 0 Å². The van der Waals surface area contributed by atoms with Crippen molar-refractivity contribution in [2.24, 2.45) is 0 Å². The van der Waals surface area contributed by atoms with Crippen LogP contribution in [0, 0.1) is 0 Å². The first-order valence-corrected chi connectivity index (χ1v) is 13.0. The van der Waals surface area contributed by atoms with Crippen LogP contribution in [0.3, 0.4) is 0 Å². The van der Waals surface area contributed by atoms with Gasteiger partial charge in [0.1, 0.15) is 0 Å². The molecule has 1 aliphatic heterocycles. The van der Waals surface area contributed by atoms with Crippen molar-refractivity contribution < 1.29 is 14.5 Å². The molecule has 1 aliphatic rings. The fourth-order valence-electron chi connectivity index (χ4n) is 3.34. The average Bonchev–Trinajstić information content (AvgIpc) is 2.77. The van der Waals surface area contributed by atoms with Crippen LogP contribution in [-0.4, -0.2) is 48.8 Å². The molecule has 0 radical (unpaired) electrons. The summed E-state index contributed by atoms with van der Waals surface area (Å²) in [4.78, 5) is 14.3. The Morgan fingerprint density at radius 3 is 2.40 bits per heavy atom. The maximum Gasteiger partial charge on any atom is 0.286 e. The van der Waals surface area contributed by atoms with Crippen LogP contribution in [0.15, 0.2) is 48.8 Å². The second-order valence-corrected chi connectivity index (χ2v) is 9.97. The van der Waals surface area contributed by atoms with Gasteiger partial charge in [0, 0.05) is 43.2 Å². The lowest BCUT2D eigenvalue weighted by atomic mass is 10.1. The first-order valence-electron chi connectivity index (χ1n) is 10.3. The monoisotopic (exact) mass is 444 g/mol. The quantitative estimate of drug-likeness (QED) is 0.353. The van der Waals surface area contributed by atoms with Gasteiger partial charge in [-0.3, -0.25) is 4.79 Å². The Balaban J connectivity index is 1.48. The van der Waals surface area contributed by atoms with E-state index in [1.807, 2.05) is 35.3 Å². The Morgan fingerprint density at radius 1 is 1.13 bits per heavy atom. The number of anilines is 1. The van der Waals surface area contributed by atoms with Crippen LogP contribution in [0.5, 0.6) is 0 Å². The highest BCUT2D eigenvalue weighted by Crippen LogP contribution is 2.21. The zero-order valence-electron chi connectivity index (χ0n) is 17.4. The summed E-state index contributed by atoms with van der Waals surface area (Å²) in [5, 5.41) is 12.6. The van der Waals surface area contributed by atoms with E-state index in [0.29, 0.717) is 13.1 Å². The summed E-state index contributed by atoms with van der Waals surface area (Å²) in [6.45, 7) is 2.86. The lowest BCUT2D eigenvalue weighted by molar-refractivity contribution is -0.684. The number of rotatable bonds is 9. The first-order chi connectivity index (χ1) is 14.6. The molecular weight excluding hydrogens is 414 g/mol. The molecule has 0 bridgehead atoms. The van der Waals surface area contributed by atoms with E-state index in [1.165, 1.54) is 5.69 Å². The Morgan fingerprint density at radius 2 is 1.77 bits per heavy atom. The summed E-state index contributed by atoms with van der Waals surface area (Å²) in [6, 6.07) is 12.6. The van der Waals surface area contributed by atoms with Gasteiger partial charge in [-0.05, 0) is 42.4 Å². The minimum atomic E-state index is -0.147. The molecule has 2 N–H and O–H groups in total. The predicted octanol–water partition coefficient (Wildman–Crippen LogP) is 3.23. The topological polar surface area (TPSA) is 56.5 Å². The Bertz CT molecular complexity index is 817. The first kappa shape index (κ1) is 22.7. The lowest BCUT2D eigenvalue weighted by Gasteiger charge is -2.31. The summed E-state index contributed by atoms with van der Waals surface area (Å²) >= 11 is 0. The van der Waals surface area contributed by atoms with Crippen LogP contribution < -0.4 is 14.8 Å². The lowest BCUT2D eigenvalue weighted by Crippen LogP contribution is -2.42. The second kappa shape index (κ2) is 12.0. The molecule has 7 heteroatoms. The fourth-order valence-corrected chi connectivity index (χ4v) is 4.44. The van der Waals surface area contributed by atoms with Crippen molar-refractivity contribution in [2.75, 3.05) is 36.5 Å². The van der Waals surface area contributed by atoms with Gasteiger partial charge in [0.15, 0.2) is 12.4 Å². The van der Waals surface area contributed by atoms with Crippen molar-refractivity contribution in [3.05, 3.63) is 59.9 Å². The molecule has 3 rings (SSSR count). The number of hydrogen-bond acceptors (Lipinski definition) is 5. The predicted molar refractivity (Wildman–Crippen MR) is 128 cm³/mol. The molecule has 1 aromatic carbocycles. The Kier molecular flexibility index (Phi) is 9.11. The third kappa shape index (κ3) is 7.38. The number of aromatic nitrogens is 1. The van der Waals surface area contributed by atoms with Crippen LogP contribution in [-0.2, 0) is 11.3 Å². The van der Waals surface area contributed by atoms with Gasteiger partial charge in [0.05, 0.1) is 6.10 Å². The third-order valence-electron chi connectivity index (χ3n) is 5.06. The largest absolute Gasteiger partial charge is 0.393 e. The molecule has 1 amide bonds. The van der Waals surface area contributed by atoms with Gasteiger partial charge in [0.2, 0.25) is 6.54 Å². The number of aliphatic hydroxyl groups excluding tert-OH is 1. The van der Waals surface area contributed by atoms with Crippen molar-refractivity contribution in [3.8, 4) is 0 Å². The van der Waals surface area contributed by atoms with E-state index in [1.54, 1.807) is 21.6 Å². The van der Waals surface area contributed by atoms with Gasteiger partial charge in [-0.15, -0.1) is 0 Å². The molecule has 1 fully saturated rings. The number of carbonyl (C=O) groups is 1. The van der Waals surface area contributed by atoms with Crippen LogP contribution >= 0.6 is 21.6 Å². The summed E-state index contributed by atoms with van der Waals surface area (Å²) in [5.41, 5.74) is 3.46. The smallest absolute Gasteiger partial charge is 0.286 e. The van der Waals surface area contributed by atoms with E-state index in [0.717, 1.165) is 42.8 Å². The highest BCUT2D eigenvalue weighted by molar-refractivity contribution is 8.76. The van der Waals surface area contributed by atoms with Crippen molar-refractivity contribution in [3.63, 3.8) is 0 Å². The number of nitrogens with one attached hydrogen (secondary N) is 1. The van der Waals surface area contributed by atoms with Gasteiger partial charge in [-0.25, -0.2) is 0 Å². The van der Waals surface area contributed by atoms with Crippen molar-refractivity contribution in [1.29, 1.82) is 0 Å². The molecule has 1 aromatic heterocycles. The normalized spacial score (nSPS) is 14.9. The zero-order valence-corrected chi connectivity index (χ0v) is 19.0. The number of pyridine rings is 1. The highest BCUT2D eigenvalue weighted by Gasteiger charge is 2.16. The van der Waals surface area contributed by atoms with E-state index >= 15 is 0 Å². The summed E-state index contributed by atoms with van der Waals surface area (Å²) < 4.78 is 1.89. The van der Waals surface area contributed by atoms with Gasteiger partial charge >= 0.3 is 0 Å². The second-order valence-electron chi connectivity index (χ2n) is 7.29. The van der Waals surface area contributed by atoms with Crippen molar-refractivity contribution >= 4 is 45.3 Å². The summed E-state index contributed by atoms with van der Waals surface area (Å²) in [6.07, 6.45) is 11.6. The van der Waals surface area contributed by atoms with Gasteiger partial charge < -0.3 is 15.3 Å². The molecule has 2 aromatic rings. The molecule has 0 unspecified atom stereocenters. The minimum absolute atomic E-state index is 0.0355. The number of amides is 1. The number of benzene rings is 1. The molecule has 2 heterocycles.